The van der Waals surface area contributed by atoms with E-state index in [1.165, 1.54) is 47.9 Å². The molecule has 1 unspecified atom stereocenters. The van der Waals surface area contributed by atoms with Gasteiger partial charge in [0, 0.05) is 12.4 Å². The average Bonchev–Trinajstić information content (AvgIpc) is 2.87. The molecule has 1 aromatic heterocycles. The van der Waals surface area contributed by atoms with Crippen LogP contribution in [-0.4, -0.2) is 16.3 Å². The van der Waals surface area contributed by atoms with Crippen LogP contribution in [0.1, 0.15) is 50.8 Å². The van der Waals surface area contributed by atoms with Crippen molar-refractivity contribution in [3.05, 3.63) is 41.6 Å². The highest BCUT2D eigenvalue weighted by Gasteiger charge is 2.22. The van der Waals surface area contributed by atoms with Gasteiger partial charge in [-0.25, -0.2) is 0 Å². The molecule has 1 aromatic carbocycles. The molecule has 0 fully saturated rings. The zero-order valence-corrected chi connectivity index (χ0v) is 13.1. The van der Waals surface area contributed by atoms with E-state index in [4.69, 9.17) is 5.10 Å². The molecule has 0 radical (unpaired) electrons. The molecule has 2 aromatic rings. The third-order valence-electron chi connectivity index (χ3n) is 4.36. The molecule has 0 saturated carbocycles. The third-order valence-corrected chi connectivity index (χ3v) is 4.36. The summed E-state index contributed by atoms with van der Waals surface area (Å²) < 4.78 is 2.01. The molecule has 1 aliphatic carbocycles. The van der Waals surface area contributed by atoms with E-state index in [0.29, 0.717) is 0 Å². The van der Waals surface area contributed by atoms with Gasteiger partial charge in [0.15, 0.2) is 0 Å². The van der Waals surface area contributed by atoms with Crippen LogP contribution in [0.4, 0.5) is 0 Å². The highest BCUT2D eigenvalue weighted by Crippen LogP contribution is 2.32. The highest BCUT2D eigenvalue weighted by atomic mass is 15.3. The lowest BCUT2D eigenvalue weighted by Crippen LogP contribution is -2.25. The standard InChI is InChI=1S/C18H25N3/c1-3-13-19-17(14-9-5-4-6-10-14)18-15-11-7-8-12-16(15)21(2)20-18/h7-9,11-12,17,19H,3-6,10,13H2,1-2H3. The van der Waals surface area contributed by atoms with E-state index in [2.05, 4.69) is 42.6 Å². The second-order valence-electron chi connectivity index (χ2n) is 5.94. The van der Waals surface area contributed by atoms with E-state index in [-0.39, 0.29) is 6.04 Å². The number of rotatable bonds is 5. The number of hydrogen-bond donors (Lipinski definition) is 1. The average molecular weight is 283 g/mol. The maximum absolute atomic E-state index is 4.83. The maximum Gasteiger partial charge on any atom is 0.0914 e. The lowest BCUT2D eigenvalue weighted by molar-refractivity contribution is 0.533. The zero-order chi connectivity index (χ0) is 14.7. The van der Waals surface area contributed by atoms with E-state index in [1.54, 1.807) is 0 Å². The molecule has 0 saturated heterocycles. The fraction of sp³-hybridized carbons (Fsp3) is 0.500. The van der Waals surface area contributed by atoms with Crippen molar-refractivity contribution in [3.63, 3.8) is 0 Å². The summed E-state index contributed by atoms with van der Waals surface area (Å²) >= 11 is 0. The van der Waals surface area contributed by atoms with E-state index in [1.807, 2.05) is 11.7 Å². The van der Waals surface area contributed by atoms with Crippen LogP contribution < -0.4 is 5.32 Å². The van der Waals surface area contributed by atoms with Gasteiger partial charge in [-0.2, -0.15) is 5.10 Å². The number of fused-ring (bicyclic) bond motifs is 1. The molecule has 3 nitrogen and oxygen atoms in total. The minimum Gasteiger partial charge on any atom is -0.305 e. The Labute approximate surface area is 127 Å². The van der Waals surface area contributed by atoms with Gasteiger partial charge in [0.25, 0.3) is 0 Å². The van der Waals surface area contributed by atoms with Crippen LogP contribution in [0, 0.1) is 0 Å². The second kappa shape index (κ2) is 6.44. The van der Waals surface area contributed by atoms with Gasteiger partial charge in [0.2, 0.25) is 0 Å². The van der Waals surface area contributed by atoms with E-state index < -0.39 is 0 Å². The first-order valence-electron chi connectivity index (χ1n) is 8.15. The highest BCUT2D eigenvalue weighted by molar-refractivity contribution is 5.82. The Bertz CT molecular complexity index is 639. The summed E-state index contributed by atoms with van der Waals surface area (Å²) in [6, 6.07) is 8.82. The van der Waals surface area contributed by atoms with E-state index in [0.717, 1.165) is 13.0 Å². The molecule has 1 N–H and O–H groups in total. The quantitative estimate of drug-likeness (QED) is 0.837. The van der Waals surface area contributed by atoms with Crippen molar-refractivity contribution >= 4 is 10.9 Å². The molecule has 1 atom stereocenters. The minimum atomic E-state index is 0.274. The van der Waals surface area contributed by atoms with Crippen LogP contribution in [0.2, 0.25) is 0 Å². The molecular formula is C18H25N3. The zero-order valence-electron chi connectivity index (χ0n) is 13.1. The fourth-order valence-corrected chi connectivity index (χ4v) is 3.27. The van der Waals surface area contributed by atoms with Crippen molar-refractivity contribution in [2.45, 2.75) is 45.1 Å². The van der Waals surface area contributed by atoms with Gasteiger partial charge >= 0.3 is 0 Å². The summed E-state index contributed by atoms with van der Waals surface area (Å²) in [5, 5.41) is 9.83. The molecular weight excluding hydrogens is 258 g/mol. The Morgan fingerprint density at radius 2 is 2.14 bits per heavy atom. The summed E-state index contributed by atoms with van der Waals surface area (Å²) in [6.07, 6.45) is 8.62. The number of aryl methyl sites for hydroxylation is 1. The number of benzene rings is 1. The van der Waals surface area contributed by atoms with Crippen molar-refractivity contribution in [3.8, 4) is 0 Å². The Balaban J connectivity index is 2.03. The molecule has 1 aliphatic rings. The molecule has 0 aliphatic heterocycles. The summed E-state index contributed by atoms with van der Waals surface area (Å²) in [5.74, 6) is 0. The topological polar surface area (TPSA) is 29.9 Å². The van der Waals surface area contributed by atoms with Crippen LogP contribution in [0.25, 0.3) is 10.9 Å². The van der Waals surface area contributed by atoms with Crippen LogP contribution in [0.15, 0.2) is 35.9 Å². The predicted molar refractivity (Wildman–Crippen MR) is 88.3 cm³/mol. The van der Waals surface area contributed by atoms with Crippen molar-refractivity contribution in [1.29, 1.82) is 0 Å². The largest absolute Gasteiger partial charge is 0.305 e. The second-order valence-corrected chi connectivity index (χ2v) is 5.94. The SMILES string of the molecule is CCCNC(C1=CCCCC1)c1nn(C)c2ccccc12. The number of aromatic nitrogens is 2. The monoisotopic (exact) mass is 283 g/mol. The fourth-order valence-electron chi connectivity index (χ4n) is 3.27. The molecule has 3 heteroatoms. The van der Waals surface area contributed by atoms with Crippen LogP contribution in [0.5, 0.6) is 0 Å². The van der Waals surface area contributed by atoms with Crippen molar-refractivity contribution in [2.75, 3.05) is 6.54 Å². The molecule has 0 bridgehead atoms. The molecule has 21 heavy (non-hydrogen) atoms. The Hall–Kier alpha value is -1.61. The third kappa shape index (κ3) is 2.88. The minimum absolute atomic E-state index is 0.274. The first-order valence-corrected chi connectivity index (χ1v) is 8.15. The van der Waals surface area contributed by atoms with Gasteiger partial charge in [-0.1, -0.05) is 36.8 Å². The Morgan fingerprint density at radius 3 is 2.90 bits per heavy atom. The van der Waals surface area contributed by atoms with Crippen LogP contribution >= 0.6 is 0 Å². The Morgan fingerprint density at radius 1 is 1.29 bits per heavy atom. The number of nitrogens with one attached hydrogen (secondary N) is 1. The number of hydrogen-bond acceptors (Lipinski definition) is 2. The summed E-state index contributed by atoms with van der Waals surface area (Å²) in [6.45, 7) is 3.25. The van der Waals surface area contributed by atoms with Crippen molar-refractivity contribution < 1.29 is 0 Å². The molecule has 3 rings (SSSR count). The lowest BCUT2D eigenvalue weighted by Gasteiger charge is -2.23. The number of allylic oxidation sites excluding steroid dienone is 1. The van der Waals surface area contributed by atoms with E-state index in [9.17, 15) is 0 Å². The van der Waals surface area contributed by atoms with Gasteiger partial charge in [0.05, 0.1) is 17.3 Å². The van der Waals surface area contributed by atoms with Gasteiger partial charge in [-0.3, -0.25) is 4.68 Å². The van der Waals surface area contributed by atoms with Crippen molar-refractivity contribution in [2.24, 2.45) is 7.05 Å². The van der Waals surface area contributed by atoms with Crippen LogP contribution in [-0.2, 0) is 7.05 Å². The number of para-hydroxylation sites is 1. The molecule has 112 valence electrons. The normalized spacial score (nSPS) is 17.0. The van der Waals surface area contributed by atoms with Crippen molar-refractivity contribution in [1.82, 2.24) is 15.1 Å². The first-order chi connectivity index (χ1) is 10.3. The Kier molecular flexibility index (Phi) is 4.39. The van der Waals surface area contributed by atoms with Crippen LogP contribution in [0.3, 0.4) is 0 Å². The smallest absolute Gasteiger partial charge is 0.0914 e. The van der Waals surface area contributed by atoms with Gasteiger partial charge in [-0.05, 0) is 44.7 Å². The predicted octanol–water partition coefficient (Wildman–Crippen LogP) is 4.11. The summed E-state index contributed by atoms with van der Waals surface area (Å²) in [7, 11) is 2.04. The lowest BCUT2D eigenvalue weighted by atomic mass is 9.91. The number of nitrogens with zero attached hydrogens (tertiary/aromatic N) is 2. The van der Waals surface area contributed by atoms with Gasteiger partial charge in [-0.15, -0.1) is 0 Å². The van der Waals surface area contributed by atoms with Gasteiger partial charge < -0.3 is 5.32 Å². The van der Waals surface area contributed by atoms with E-state index >= 15 is 0 Å². The maximum atomic E-state index is 4.83. The first kappa shape index (κ1) is 14.3. The molecule has 0 spiro atoms. The molecule has 1 heterocycles. The molecule has 0 amide bonds. The summed E-state index contributed by atoms with van der Waals surface area (Å²) in [4.78, 5) is 0. The van der Waals surface area contributed by atoms with Gasteiger partial charge in [0.1, 0.15) is 0 Å². The summed E-state index contributed by atoms with van der Waals surface area (Å²) in [5.41, 5.74) is 3.93.